The van der Waals surface area contributed by atoms with Gasteiger partial charge in [-0.3, -0.25) is 0 Å². The highest BCUT2D eigenvalue weighted by Crippen LogP contribution is 2.14. The van der Waals surface area contributed by atoms with Crippen molar-refractivity contribution < 1.29 is 14.7 Å². The molecule has 0 saturated carbocycles. The van der Waals surface area contributed by atoms with Gasteiger partial charge >= 0.3 is 16.5 Å². The van der Waals surface area contributed by atoms with Gasteiger partial charge < -0.3 is 15.6 Å². The van der Waals surface area contributed by atoms with Crippen LogP contribution in [0.15, 0.2) is 0 Å². The maximum absolute atomic E-state index is 11.4. The van der Waals surface area contributed by atoms with Crippen LogP contribution in [0, 0.1) is 15.6 Å². The Kier molecular flexibility index (Phi) is 1.84. The normalized spacial score (nSPS) is 12.2. The van der Waals surface area contributed by atoms with Gasteiger partial charge in [-0.1, -0.05) is 4.68 Å². The molecule has 0 bridgehead atoms. The molecule has 2 aromatic heterocycles. The zero-order chi connectivity index (χ0) is 12.1. The van der Waals surface area contributed by atoms with E-state index in [0.29, 0.717) is 0 Å². The van der Waals surface area contributed by atoms with Gasteiger partial charge in [-0.15, -0.1) is 0 Å². The smallest absolute Gasteiger partial charge is 0.549 e. The molecule has 2 heterocycles. The Morgan fingerprint density at radius 1 is 1.12 bits per heavy atom. The molecule has 0 aliphatic carbocycles. The van der Waals surface area contributed by atoms with E-state index in [9.17, 15) is 15.6 Å². The van der Waals surface area contributed by atoms with Gasteiger partial charge in [0.2, 0.25) is 0 Å². The molecule has 0 atom stereocenters. The molecule has 0 aliphatic heterocycles. The highest BCUT2D eigenvalue weighted by atomic mass is 16.6. The third-order valence-electron chi connectivity index (χ3n) is 1.91. The summed E-state index contributed by atoms with van der Waals surface area (Å²) in [7, 11) is 0. The van der Waals surface area contributed by atoms with Crippen LogP contribution in [0.4, 0.5) is 0 Å². The van der Waals surface area contributed by atoms with Gasteiger partial charge in [-0.05, 0) is 25.6 Å². The van der Waals surface area contributed by atoms with Crippen molar-refractivity contribution in [1.82, 2.24) is 20.2 Å². The number of hydrogen-bond donors (Lipinski definition) is 0. The van der Waals surface area contributed by atoms with E-state index < -0.39 is 11.2 Å². The summed E-state index contributed by atoms with van der Waals surface area (Å²) >= 11 is 0. The molecule has 2 aromatic rings. The molecule has 0 aliphatic rings. The predicted octanol–water partition coefficient (Wildman–Crippen LogP) is -2.52. The van der Waals surface area contributed by atoms with Crippen molar-refractivity contribution in [3.05, 3.63) is 15.6 Å². The molecule has 0 N–H and O–H groups in total. The van der Waals surface area contributed by atoms with Crippen LogP contribution in [0.25, 0.3) is 11.3 Å². The van der Waals surface area contributed by atoms with Gasteiger partial charge in [-0.25, -0.2) is 0 Å². The molecule has 0 radical (unpaired) electrons. The third kappa shape index (κ3) is 1.34. The van der Waals surface area contributed by atoms with E-state index in [1.54, 1.807) is 20.8 Å². The molecular weight excluding hydrogens is 218 g/mol. The molecule has 10 nitrogen and oxygen atoms in total. The molecule has 0 unspecified atom stereocenters. The van der Waals surface area contributed by atoms with Gasteiger partial charge in [-0.2, -0.15) is 0 Å². The lowest BCUT2D eigenvalue weighted by Gasteiger charge is -2.07. The summed E-state index contributed by atoms with van der Waals surface area (Å²) in [6.45, 7) is 5.27. The number of aromatic nitrogens is 7. The molecule has 2 rings (SSSR count). The minimum Gasteiger partial charge on any atom is -0.653 e. The Balaban J connectivity index is 2.89. The first-order chi connectivity index (χ1) is 7.30. The molecule has 16 heavy (non-hydrogen) atoms. The molecule has 0 fully saturated rings. The van der Waals surface area contributed by atoms with Crippen molar-refractivity contribution in [2.45, 2.75) is 26.3 Å². The minimum atomic E-state index is -0.581. The first-order valence-electron chi connectivity index (χ1n) is 4.42. The second kappa shape index (κ2) is 2.87. The number of hydrogen-bond acceptors (Lipinski definition) is 6. The van der Waals surface area contributed by atoms with E-state index in [4.69, 9.17) is 0 Å². The highest BCUT2D eigenvalue weighted by molar-refractivity contribution is 5.55. The molecule has 10 heteroatoms. The summed E-state index contributed by atoms with van der Waals surface area (Å²) in [5.74, 6) is 0. The van der Waals surface area contributed by atoms with Crippen LogP contribution >= 0.6 is 0 Å². The Hall–Kier alpha value is -2.26. The average molecular weight is 227 g/mol. The summed E-state index contributed by atoms with van der Waals surface area (Å²) in [5.41, 5.74) is -1.10. The zero-order valence-electron chi connectivity index (χ0n) is 8.86. The first-order valence-corrected chi connectivity index (χ1v) is 4.42. The fourth-order valence-electron chi connectivity index (χ4n) is 1.26. The summed E-state index contributed by atoms with van der Waals surface area (Å²) in [6, 6.07) is 0. The summed E-state index contributed by atoms with van der Waals surface area (Å²) in [6.07, 6.45) is 0. The Morgan fingerprint density at radius 2 is 1.75 bits per heavy atom. The van der Waals surface area contributed by atoms with Gasteiger partial charge in [0, 0.05) is 0 Å². The molecule has 86 valence electrons. The fraction of sp³-hybridized carbons (Fsp3) is 0.667. The quantitative estimate of drug-likeness (QED) is 0.361. The molecule has 0 saturated heterocycles. The van der Waals surface area contributed by atoms with Gasteiger partial charge in [0.1, 0.15) is 15.6 Å². The van der Waals surface area contributed by atoms with E-state index in [2.05, 4.69) is 15.5 Å². The highest BCUT2D eigenvalue weighted by Gasteiger charge is 2.39. The molecular formula is C6H9N7O3. The van der Waals surface area contributed by atoms with Gasteiger partial charge in [0.25, 0.3) is 0 Å². The van der Waals surface area contributed by atoms with Crippen molar-refractivity contribution in [2.75, 3.05) is 0 Å². The van der Waals surface area contributed by atoms with Crippen LogP contribution in [-0.4, -0.2) is 20.2 Å². The van der Waals surface area contributed by atoms with Crippen molar-refractivity contribution in [1.29, 1.82) is 0 Å². The van der Waals surface area contributed by atoms with Crippen molar-refractivity contribution in [3.63, 3.8) is 0 Å². The van der Waals surface area contributed by atoms with Crippen molar-refractivity contribution in [3.8, 4) is 0 Å². The maximum Gasteiger partial charge on any atom is 0.549 e. The fourth-order valence-corrected chi connectivity index (χ4v) is 1.26. The molecule has 0 spiro atoms. The summed E-state index contributed by atoms with van der Waals surface area (Å²) in [4.78, 5) is -0.162. The van der Waals surface area contributed by atoms with E-state index in [-0.39, 0.29) is 20.3 Å². The SMILES string of the molecule is CC(C)(C)n1n[n+]([O-])c2c1n[n+]([O-])n[n+]2[O-]. The van der Waals surface area contributed by atoms with Crippen LogP contribution in [0.1, 0.15) is 20.8 Å². The second-order valence-corrected chi connectivity index (χ2v) is 4.21. The summed E-state index contributed by atoms with van der Waals surface area (Å²) < 4.78 is 1.19. The summed E-state index contributed by atoms with van der Waals surface area (Å²) in [5, 5.41) is 43.4. The average Bonchev–Trinajstić information content (AvgIpc) is 2.41. The van der Waals surface area contributed by atoms with E-state index in [0.717, 1.165) is 0 Å². The van der Waals surface area contributed by atoms with E-state index in [1.807, 2.05) is 0 Å². The minimum absolute atomic E-state index is 0.0909. The lowest BCUT2D eigenvalue weighted by Crippen LogP contribution is -2.53. The van der Waals surface area contributed by atoms with Crippen LogP contribution in [0.5, 0.6) is 0 Å². The largest absolute Gasteiger partial charge is 0.653 e. The maximum atomic E-state index is 11.4. The van der Waals surface area contributed by atoms with Gasteiger partial charge in [0.05, 0.1) is 4.85 Å². The van der Waals surface area contributed by atoms with E-state index >= 15 is 0 Å². The monoisotopic (exact) mass is 227 g/mol. The number of rotatable bonds is 0. The lowest BCUT2D eigenvalue weighted by molar-refractivity contribution is -0.882. The zero-order valence-corrected chi connectivity index (χ0v) is 8.86. The van der Waals surface area contributed by atoms with Gasteiger partial charge in [0.15, 0.2) is 5.21 Å². The predicted molar refractivity (Wildman–Crippen MR) is 47.2 cm³/mol. The standard InChI is InChI=1S/C6H9N7O3/c1-6(2,3)10-4-5(11(14)8-10)12(15)9-13(16)7-4/h1-3H3. The van der Waals surface area contributed by atoms with Crippen LogP contribution in [-0.2, 0) is 5.54 Å². The molecule has 0 amide bonds. The Morgan fingerprint density at radius 3 is 2.31 bits per heavy atom. The van der Waals surface area contributed by atoms with Crippen LogP contribution in [0.2, 0.25) is 0 Å². The lowest BCUT2D eigenvalue weighted by atomic mass is 10.1. The Bertz CT molecular complexity index is 557. The molecule has 0 aromatic carbocycles. The van der Waals surface area contributed by atoms with E-state index in [1.165, 1.54) is 4.68 Å². The first kappa shape index (κ1) is 10.3. The topological polar surface area (TPSA) is 124 Å². The Labute approximate surface area is 89.0 Å². The van der Waals surface area contributed by atoms with Crippen LogP contribution < -0.4 is 14.7 Å². The van der Waals surface area contributed by atoms with Crippen LogP contribution in [0.3, 0.4) is 0 Å². The van der Waals surface area contributed by atoms with Crippen molar-refractivity contribution in [2.24, 2.45) is 0 Å². The third-order valence-corrected chi connectivity index (χ3v) is 1.91. The second-order valence-electron chi connectivity index (χ2n) is 4.21. The van der Waals surface area contributed by atoms with Crippen molar-refractivity contribution >= 4 is 11.3 Å². The number of nitrogens with zero attached hydrogens (tertiary/aromatic N) is 7. The number of fused-ring (bicyclic) bond motifs is 1.